The van der Waals surface area contributed by atoms with Crippen molar-refractivity contribution in [2.24, 2.45) is 0 Å². The lowest BCUT2D eigenvalue weighted by Gasteiger charge is -2.11. The van der Waals surface area contributed by atoms with E-state index in [-0.39, 0.29) is 6.61 Å². The Morgan fingerprint density at radius 1 is 1.00 bits per heavy atom. The summed E-state index contributed by atoms with van der Waals surface area (Å²) in [5.74, 6) is 1.68. The van der Waals surface area contributed by atoms with Crippen molar-refractivity contribution in [2.45, 2.75) is 13.1 Å². The quantitative estimate of drug-likeness (QED) is 0.782. The minimum Gasteiger partial charge on any atom is -0.497 e. The van der Waals surface area contributed by atoms with E-state index < -0.39 is 0 Å². The number of hydrogen-bond acceptors (Lipinski definition) is 4. The molecular weight excluding hydrogens is 266 g/mol. The van der Waals surface area contributed by atoms with Crippen LogP contribution in [0, 0.1) is 0 Å². The van der Waals surface area contributed by atoms with Gasteiger partial charge in [-0.25, -0.2) is 0 Å². The van der Waals surface area contributed by atoms with Gasteiger partial charge in [0.05, 0.1) is 13.7 Å². The van der Waals surface area contributed by atoms with Gasteiger partial charge < -0.3 is 19.9 Å². The smallest absolute Gasteiger partial charge is 0.123 e. The van der Waals surface area contributed by atoms with Gasteiger partial charge in [0.2, 0.25) is 0 Å². The molecule has 4 heteroatoms. The van der Waals surface area contributed by atoms with Gasteiger partial charge in [-0.15, -0.1) is 0 Å². The van der Waals surface area contributed by atoms with Crippen LogP contribution >= 0.6 is 0 Å². The summed E-state index contributed by atoms with van der Waals surface area (Å²) in [7, 11) is 1.66. The SMILES string of the molecule is COc1ccc(CNCc2ccccc2OCCO)cc1. The molecule has 4 nitrogen and oxygen atoms in total. The summed E-state index contributed by atoms with van der Waals surface area (Å²) in [6.07, 6.45) is 0. The second-order valence-corrected chi connectivity index (χ2v) is 4.63. The molecule has 2 N–H and O–H groups in total. The summed E-state index contributed by atoms with van der Waals surface area (Å²) in [4.78, 5) is 0. The number of benzene rings is 2. The van der Waals surface area contributed by atoms with Gasteiger partial charge in [-0.1, -0.05) is 30.3 Å². The molecule has 0 bridgehead atoms. The van der Waals surface area contributed by atoms with Crippen molar-refractivity contribution in [1.82, 2.24) is 5.32 Å². The Morgan fingerprint density at radius 2 is 1.76 bits per heavy atom. The van der Waals surface area contributed by atoms with Crippen LogP contribution in [0.1, 0.15) is 11.1 Å². The number of methoxy groups -OCH3 is 1. The molecule has 0 aliphatic rings. The zero-order valence-corrected chi connectivity index (χ0v) is 12.2. The van der Waals surface area contributed by atoms with E-state index in [4.69, 9.17) is 14.6 Å². The van der Waals surface area contributed by atoms with E-state index in [0.717, 1.165) is 23.6 Å². The summed E-state index contributed by atoms with van der Waals surface area (Å²) in [5, 5.41) is 12.2. The zero-order valence-electron chi connectivity index (χ0n) is 12.2. The fourth-order valence-electron chi connectivity index (χ4n) is 2.03. The van der Waals surface area contributed by atoms with E-state index >= 15 is 0 Å². The molecule has 0 atom stereocenters. The summed E-state index contributed by atoms with van der Waals surface area (Å²) in [5.41, 5.74) is 2.28. The predicted molar refractivity (Wildman–Crippen MR) is 82.6 cm³/mol. The normalized spacial score (nSPS) is 10.4. The number of aliphatic hydroxyl groups excluding tert-OH is 1. The maximum absolute atomic E-state index is 8.84. The van der Waals surface area contributed by atoms with Gasteiger partial charge in [-0.2, -0.15) is 0 Å². The fourth-order valence-corrected chi connectivity index (χ4v) is 2.03. The van der Waals surface area contributed by atoms with Crippen LogP contribution in [0.2, 0.25) is 0 Å². The average molecular weight is 287 g/mol. The maximum atomic E-state index is 8.84. The highest BCUT2D eigenvalue weighted by Crippen LogP contribution is 2.18. The van der Waals surface area contributed by atoms with Crippen LogP contribution in [0.4, 0.5) is 0 Å². The molecule has 0 saturated carbocycles. The van der Waals surface area contributed by atoms with E-state index in [1.165, 1.54) is 5.56 Å². The second kappa shape index (κ2) is 8.29. The lowest BCUT2D eigenvalue weighted by molar-refractivity contribution is 0.200. The van der Waals surface area contributed by atoms with Crippen LogP contribution in [0.3, 0.4) is 0 Å². The summed E-state index contributed by atoms with van der Waals surface area (Å²) < 4.78 is 10.7. The highest BCUT2D eigenvalue weighted by Gasteiger charge is 2.02. The molecule has 21 heavy (non-hydrogen) atoms. The van der Waals surface area contributed by atoms with Crippen molar-refractivity contribution in [1.29, 1.82) is 0 Å². The Balaban J connectivity index is 1.87. The van der Waals surface area contributed by atoms with Crippen molar-refractivity contribution in [3.8, 4) is 11.5 Å². The third-order valence-corrected chi connectivity index (χ3v) is 3.13. The van der Waals surface area contributed by atoms with Crippen molar-refractivity contribution >= 4 is 0 Å². The predicted octanol–water partition coefficient (Wildman–Crippen LogP) is 2.36. The van der Waals surface area contributed by atoms with E-state index in [9.17, 15) is 0 Å². The van der Waals surface area contributed by atoms with Crippen LogP contribution in [0.5, 0.6) is 11.5 Å². The minimum atomic E-state index is 0.0214. The number of nitrogens with one attached hydrogen (secondary N) is 1. The van der Waals surface area contributed by atoms with Gasteiger partial charge in [0.25, 0.3) is 0 Å². The Kier molecular flexibility index (Phi) is 6.06. The van der Waals surface area contributed by atoms with Crippen LogP contribution in [0.25, 0.3) is 0 Å². The van der Waals surface area contributed by atoms with Gasteiger partial charge in [0, 0.05) is 18.7 Å². The molecule has 0 spiro atoms. The molecule has 2 rings (SSSR count). The zero-order chi connectivity index (χ0) is 14.9. The Bertz CT molecular complexity index is 540. The van der Waals surface area contributed by atoms with Gasteiger partial charge in [-0.05, 0) is 23.8 Å². The van der Waals surface area contributed by atoms with Crippen molar-refractivity contribution in [3.63, 3.8) is 0 Å². The summed E-state index contributed by atoms with van der Waals surface area (Å²) in [6.45, 7) is 1.83. The molecule has 0 saturated heterocycles. The number of aliphatic hydroxyl groups is 1. The molecule has 0 fully saturated rings. The molecule has 0 radical (unpaired) electrons. The molecule has 0 unspecified atom stereocenters. The molecule has 2 aromatic rings. The third-order valence-electron chi connectivity index (χ3n) is 3.13. The Hall–Kier alpha value is -2.04. The summed E-state index contributed by atoms with van der Waals surface area (Å²) >= 11 is 0. The average Bonchev–Trinajstić information content (AvgIpc) is 2.54. The second-order valence-electron chi connectivity index (χ2n) is 4.63. The minimum absolute atomic E-state index is 0.0214. The van der Waals surface area contributed by atoms with Crippen LogP contribution in [0.15, 0.2) is 48.5 Å². The van der Waals surface area contributed by atoms with Crippen molar-refractivity contribution < 1.29 is 14.6 Å². The Labute approximate surface area is 125 Å². The molecule has 0 heterocycles. The first-order valence-corrected chi connectivity index (χ1v) is 6.98. The number of rotatable bonds is 8. The van der Waals surface area contributed by atoms with Crippen LogP contribution < -0.4 is 14.8 Å². The molecule has 112 valence electrons. The third kappa shape index (κ3) is 4.77. The van der Waals surface area contributed by atoms with Gasteiger partial charge >= 0.3 is 0 Å². The molecule has 0 aliphatic carbocycles. The topological polar surface area (TPSA) is 50.7 Å². The van der Waals surface area contributed by atoms with E-state index in [1.54, 1.807) is 7.11 Å². The molecule has 0 aromatic heterocycles. The number of ether oxygens (including phenoxy) is 2. The van der Waals surface area contributed by atoms with Gasteiger partial charge in [-0.3, -0.25) is 0 Å². The van der Waals surface area contributed by atoms with Gasteiger partial charge in [0.1, 0.15) is 18.1 Å². The Morgan fingerprint density at radius 3 is 2.48 bits per heavy atom. The van der Waals surface area contributed by atoms with Crippen molar-refractivity contribution in [3.05, 3.63) is 59.7 Å². The molecule has 2 aromatic carbocycles. The number of para-hydroxylation sites is 1. The highest BCUT2D eigenvalue weighted by atomic mass is 16.5. The van der Waals surface area contributed by atoms with Crippen LogP contribution in [-0.2, 0) is 13.1 Å². The largest absolute Gasteiger partial charge is 0.497 e. The lowest BCUT2D eigenvalue weighted by atomic mass is 10.2. The first kappa shape index (κ1) is 15.4. The monoisotopic (exact) mass is 287 g/mol. The van der Waals surface area contributed by atoms with E-state index in [2.05, 4.69) is 5.32 Å². The first-order valence-electron chi connectivity index (χ1n) is 6.98. The summed E-state index contributed by atoms with van der Waals surface area (Å²) in [6, 6.07) is 15.8. The van der Waals surface area contributed by atoms with Crippen molar-refractivity contribution in [2.75, 3.05) is 20.3 Å². The first-order chi connectivity index (χ1) is 10.3. The van der Waals surface area contributed by atoms with E-state index in [1.807, 2.05) is 48.5 Å². The van der Waals surface area contributed by atoms with Crippen LogP contribution in [-0.4, -0.2) is 25.4 Å². The lowest BCUT2D eigenvalue weighted by Crippen LogP contribution is -2.14. The standard InChI is InChI=1S/C17H21NO3/c1-20-16-8-6-14(7-9-16)12-18-13-15-4-2-3-5-17(15)21-11-10-19/h2-9,18-19H,10-13H2,1H3. The molecule has 0 amide bonds. The molecule has 0 aliphatic heterocycles. The molecular formula is C17H21NO3. The van der Waals surface area contributed by atoms with E-state index in [0.29, 0.717) is 13.2 Å². The maximum Gasteiger partial charge on any atom is 0.123 e. The fraction of sp³-hybridized carbons (Fsp3) is 0.294. The highest BCUT2D eigenvalue weighted by molar-refractivity contribution is 5.33. The van der Waals surface area contributed by atoms with Gasteiger partial charge in [0.15, 0.2) is 0 Å². The number of hydrogen-bond donors (Lipinski definition) is 2.